The van der Waals surface area contributed by atoms with E-state index in [1.54, 1.807) is 6.20 Å². The van der Waals surface area contributed by atoms with Crippen LogP contribution in [0.5, 0.6) is 0 Å². The van der Waals surface area contributed by atoms with Gasteiger partial charge in [-0.1, -0.05) is 36.4 Å². The van der Waals surface area contributed by atoms with Crippen molar-refractivity contribution in [2.45, 2.75) is 32.7 Å². The predicted octanol–water partition coefficient (Wildman–Crippen LogP) is 4.00. The molecule has 0 aliphatic carbocycles. The number of rotatable bonds is 6. The van der Waals surface area contributed by atoms with Gasteiger partial charge >= 0.3 is 0 Å². The highest BCUT2D eigenvalue weighted by Gasteiger charge is 2.35. The summed E-state index contributed by atoms with van der Waals surface area (Å²) >= 11 is 0. The van der Waals surface area contributed by atoms with Crippen molar-refractivity contribution in [2.75, 3.05) is 19.7 Å². The lowest BCUT2D eigenvalue weighted by Crippen LogP contribution is -2.46. The maximum Gasteiger partial charge on any atom is 0.0648 e. The average molecular weight is 376 g/mol. The van der Waals surface area contributed by atoms with Crippen LogP contribution in [0, 0.1) is 12.3 Å². The second kappa shape index (κ2) is 8.29. The molecule has 2 heterocycles. The molecule has 1 saturated heterocycles. The Morgan fingerprint density at radius 1 is 1.11 bits per heavy atom. The number of aliphatic hydroxyl groups excluding tert-OH is 1. The average Bonchev–Trinajstić information content (AvgIpc) is 3.25. The van der Waals surface area contributed by atoms with Crippen LogP contribution in [0.2, 0.25) is 0 Å². The number of hydrogen-bond donors (Lipinski definition) is 1. The molecule has 0 saturated carbocycles. The van der Waals surface area contributed by atoms with Crippen molar-refractivity contribution in [2.24, 2.45) is 5.41 Å². The van der Waals surface area contributed by atoms with E-state index in [9.17, 15) is 5.11 Å². The highest BCUT2D eigenvalue weighted by atomic mass is 16.3. The van der Waals surface area contributed by atoms with Gasteiger partial charge in [-0.25, -0.2) is 4.68 Å². The van der Waals surface area contributed by atoms with Crippen LogP contribution in [-0.2, 0) is 13.0 Å². The van der Waals surface area contributed by atoms with E-state index < -0.39 is 0 Å². The molecule has 1 atom stereocenters. The summed E-state index contributed by atoms with van der Waals surface area (Å²) in [5.74, 6) is 0. The molecule has 28 heavy (non-hydrogen) atoms. The van der Waals surface area contributed by atoms with Crippen LogP contribution >= 0.6 is 0 Å². The van der Waals surface area contributed by atoms with Crippen LogP contribution in [0.1, 0.15) is 29.5 Å². The molecule has 0 unspecified atom stereocenters. The third-order valence-corrected chi connectivity index (χ3v) is 5.99. The monoisotopic (exact) mass is 375 g/mol. The van der Waals surface area contributed by atoms with Gasteiger partial charge < -0.3 is 5.11 Å². The van der Waals surface area contributed by atoms with Gasteiger partial charge in [0.2, 0.25) is 0 Å². The molecule has 1 aromatic heterocycles. The van der Waals surface area contributed by atoms with E-state index in [0.717, 1.165) is 44.6 Å². The maximum atomic E-state index is 10.2. The van der Waals surface area contributed by atoms with Gasteiger partial charge in [0.15, 0.2) is 0 Å². The minimum Gasteiger partial charge on any atom is -0.396 e. The van der Waals surface area contributed by atoms with E-state index in [1.807, 2.05) is 16.9 Å². The van der Waals surface area contributed by atoms with E-state index in [4.69, 9.17) is 0 Å². The van der Waals surface area contributed by atoms with Gasteiger partial charge in [-0.2, -0.15) is 5.10 Å². The second-order valence-electron chi connectivity index (χ2n) is 8.20. The summed E-state index contributed by atoms with van der Waals surface area (Å²) in [5, 5.41) is 14.6. The van der Waals surface area contributed by atoms with Crippen LogP contribution in [-0.4, -0.2) is 39.5 Å². The number of likely N-dealkylation sites (tertiary alicyclic amines) is 1. The quantitative estimate of drug-likeness (QED) is 0.708. The number of aliphatic hydroxyl groups is 1. The SMILES string of the molecule is Cc1cc(-n2cccn2)ccc1CN1CCC[C@@](CO)(Cc2ccccc2)C1. The molecule has 4 rings (SSSR count). The van der Waals surface area contributed by atoms with Crippen molar-refractivity contribution >= 4 is 0 Å². The number of hydrogen-bond acceptors (Lipinski definition) is 3. The van der Waals surface area contributed by atoms with Gasteiger partial charge in [0.1, 0.15) is 0 Å². The fourth-order valence-electron chi connectivity index (χ4n) is 4.47. The third-order valence-electron chi connectivity index (χ3n) is 5.99. The Hall–Kier alpha value is -2.43. The largest absolute Gasteiger partial charge is 0.396 e. The molecule has 0 spiro atoms. The first-order valence-electron chi connectivity index (χ1n) is 10.1. The number of aromatic nitrogens is 2. The van der Waals surface area contributed by atoms with Crippen molar-refractivity contribution in [3.63, 3.8) is 0 Å². The summed E-state index contributed by atoms with van der Waals surface area (Å²) < 4.78 is 1.90. The zero-order chi connectivity index (χ0) is 19.4. The Bertz CT molecular complexity index is 891. The molecule has 1 fully saturated rings. The summed E-state index contributed by atoms with van der Waals surface area (Å²) in [6.07, 6.45) is 6.94. The summed E-state index contributed by atoms with van der Waals surface area (Å²) in [5.41, 5.74) is 5.01. The molecule has 1 aliphatic rings. The molecule has 0 amide bonds. The first kappa shape index (κ1) is 18.9. The molecule has 3 aromatic rings. The normalized spacial score (nSPS) is 20.4. The molecule has 1 aliphatic heterocycles. The Morgan fingerprint density at radius 2 is 1.96 bits per heavy atom. The minimum atomic E-state index is -0.0392. The second-order valence-corrected chi connectivity index (χ2v) is 8.20. The molecule has 0 bridgehead atoms. The van der Waals surface area contributed by atoms with E-state index in [-0.39, 0.29) is 12.0 Å². The standard InChI is InChI=1S/C24H29N3O/c1-20-15-23(27-14-6-12-25-27)10-9-22(20)17-26-13-5-11-24(18-26,19-28)16-21-7-3-2-4-8-21/h2-4,6-10,12,14-15,28H,5,11,13,16-19H2,1H3/t24-/m1/s1. The molecule has 146 valence electrons. The van der Waals surface area contributed by atoms with E-state index in [1.165, 1.54) is 16.7 Å². The first-order valence-corrected chi connectivity index (χ1v) is 10.1. The molecular formula is C24H29N3O. The lowest BCUT2D eigenvalue weighted by molar-refractivity contribution is 0.0288. The van der Waals surface area contributed by atoms with Gasteiger partial charge in [-0.15, -0.1) is 0 Å². The number of aryl methyl sites for hydroxylation is 1. The molecule has 4 nitrogen and oxygen atoms in total. The maximum absolute atomic E-state index is 10.2. The Morgan fingerprint density at radius 3 is 2.68 bits per heavy atom. The van der Waals surface area contributed by atoms with Crippen molar-refractivity contribution < 1.29 is 5.11 Å². The van der Waals surface area contributed by atoms with E-state index >= 15 is 0 Å². The molecule has 0 radical (unpaired) electrons. The van der Waals surface area contributed by atoms with Crippen molar-refractivity contribution in [3.05, 3.63) is 83.7 Å². The summed E-state index contributed by atoms with van der Waals surface area (Å²) in [7, 11) is 0. The van der Waals surface area contributed by atoms with Crippen molar-refractivity contribution in [1.29, 1.82) is 0 Å². The lowest BCUT2D eigenvalue weighted by atomic mass is 9.75. The lowest BCUT2D eigenvalue weighted by Gasteiger charge is -2.42. The van der Waals surface area contributed by atoms with E-state index in [0.29, 0.717) is 0 Å². The van der Waals surface area contributed by atoms with Crippen LogP contribution in [0.3, 0.4) is 0 Å². The number of piperidine rings is 1. The van der Waals surface area contributed by atoms with E-state index in [2.05, 4.69) is 65.5 Å². The molecule has 4 heteroatoms. The van der Waals surface area contributed by atoms with Crippen LogP contribution in [0.15, 0.2) is 67.0 Å². The Kier molecular flexibility index (Phi) is 5.60. The van der Waals surface area contributed by atoms with Gasteiger partial charge in [0.25, 0.3) is 0 Å². The Balaban J connectivity index is 1.47. The van der Waals surface area contributed by atoms with Crippen LogP contribution in [0.4, 0.5) is 0 Å². The fourth-order valence-corrected chi connectivity index (χ4v) is 4.47. The minimum absolute atomic E-state index is 0.0392. The van der Waals surface area contributed by atoms with Gasteiger partial charge in [0, 0.05) is 30.9 Å². The molecular weight excluding hydrogens is 346 g/mol. The summed E-state index contributed by atoms with van der Waals surface area (Å²) in [6, 6.07) is 19.1. The van der Waals surface area contributed by atoms with Crippen LogP contribution < -0.4 is 0 Å². The highest BCUT2D eigenvalue weighted by molar-refractivity contribution is 5.39. The van der Waals surface area contributed by atoms with Gasteiger partial charge in [-0.3, -0.25) is 4.90 Å². The van der Waals surface area contributed by atoms with Gasteiger partial charge in [-0.05, 0) is 67.6 Å². The topological polar surface area (TPSA) is 41.3 Å². The summed E-state index contributed by atoms with van der Waals surface area (Å²) in [4.78, 5) is 2.51. The molecule has 1 N–H and O–H groups in total. The summed E-state index contributed by atoms with van der Waals surface area (Å²) in [6.45, 7) is 5.39. The highest BCUT2D eigenvalue weighted by Crippen LogP contribution is 2.34. The zero-order valence-corrected chi connectivity index (χ0v) is 16.6. The van der Waals surface area contributed by atoms with Crippen molar-refractivity contribution in [1.82, 2.24) is 14.7 Å². The zero-order valence-electron chi connectivity index (χ0n) is 16.6. The number of nitrogens with zero attached hydrogens (tertiary/aromatic N) is 3. The molecule has 2 aromatic carbocycles. The fraction of sp³-hybridized carbons (Fsp3) is 0.375. The smallest absolute Gasteiger partial charge is 0.0648 e. The van der Waals surface area contributed by atoms with Crippen molar-refractivity contribution in [3.8, 4) is 5.69 Å². The predicted molar refractivity (Wildman–Crippen MR) is 112 cm³/mol. The Labute approximate surface area is 167 Å². The third kappa shape index (κ3) is 4.18. The van der Waals surface area contributed by atoms with Crippen LogP contribution in [0.25, 0.3) is 5.69 Å². The van der Waals surface area contributed by atoms with Gasteiger partial charge in [0.05, 0.1) is 12.3 Å². The number of benzene rings is 2. The first-order chi connectivity index (χ1) is 13.7.